The topological polar surface area (TPSA) is 101 Å². The van der Waals surface area contributed by atoms with E-state index in [0.29, 0.717) is 29.8 Å². The third kappa shape index (κ3) is 3.78. The van der Waals surface area contributed by atoms with E-state index in [9.17, 15) is 8.42 Å². The molecule has 118 valence electrons. The van der Waals surface area contributed by atoms with Crippen LogP contribution in [0.2, 0.25) is 0 Å². The van der Waals surface area contributed by atoms with E-state index < -0.39 is 15.2 Å². The molecule has 0 radical (unpaired) electrons. The summed E-state index contributed by atoms with van der Waals surface area (Å²) in [5.41, 5.74) is 2.52. The zero-order valence-electron chi connectivity index (χ0n) is 12.4. The third-order valence-electron chi connectivity index (χ3n) is 3.27. The molecule has 2 rings (SSSR count). The second kappa shape index (κ2) is 6.37. The normalized spacial score (nSPS) is 19.9. The van der Waals surface area contributed by atoms with Gasteiger partial charge in [-0.25, -0.2) is 24.2 Å². The average Bonchev–Trinajstić information content (AvgIpc) is 2.45. The van der Waals surface area contributed by atoms with Crippen molar-refractivity contribution >= 4 is 33.2 Å². The molecule has 1 aliphatic heterocycles. The first-order chi connectivity index (χ1) is 9.82. The van der Waals surface area contributed by atoms with E-state index in [1.165, 1.54) is 6.26 Å². The molecule has 1 aromatic heterocycles. The summed E-state index contributed by atoms with van der Waals surface area (Å²) in [5, 5.41) is -0.559. The zero-order valence-corrected chi connectivity index (χ0v) is 14.0. The van der Waals surface area contributed by atoms with Crippen molar-refractivity contribution in [3.05, 3.63) is 11.9 Å². The highest BCUT2D eigenvalue weighted by Crippen LogP contribution is 2.27. The van der Waals surface area contributed by atoms with E-state index in [0.717, 1.165) is 5.75 Å². The molecular formula is C12H21N5O2S2. The fourth-order valence-electron chi connectivity index (χ4n) is 2.13. The van der Waals surface area contributed by atoms with Crippen molar-refractivity contribution < 1.29 is 8.42 Å². The Balaban J connectivity index is 2.45. The standard InChI is InChI=1S/C12H21N5O2S2/c1-8(2)12-14-9(16-13)6-10(15-12)17-4-5-20-7-11(17)21(3,18)19/h6,8,11H,4-5,7,13H2,1-3H3,(H,14,15,16). The predicted molar refractivity (Wildman–Crippen MR) is 87.2 cm³/mol. The summed E-state index contributed by atoms with van der Waals surface area (Å²) in [6, 6.07) is 1.69. The van der Waals surface area contributed by atoms with Gasteiger partial charge in [0.2, 0.25) is 0 Å². The predicted octanol–water partition coefficient (Wildman–Crippen LogP) is 0.809. The molecule has 1 saturated heterocycles. The SMILES string of the molecule is CC(C)c1nc(NN)cc(N2CCSCC2S(C)(=O)=O)n1. The van der Waals surface area contributed by atoms with Crippen molar-refractivity contribution in [1.29, 1.82) is 0 Å². The number of hydrogen-bond acceptors (Lipinski definition) is 8. The van der Waals surface area contributed by atoms with Gasteiger partial charge in [-0.15, -0.1) is 0 Å². The Morgan fingerprint density at radius 1 is 1.48 bits per heavy atom. The van der Waals surface area contributed by atoms with Crippen molar-refractivity contribution in [1.82, 2.24) is 9.97 Å². The fourth-order valence-corrected chi connectivity index (χ4v) is 4.96. The highest BCUT2D eigenvalue weighted by molar-refractivity contribution is 8.01. The number of nitrogen functional groups attached to an aromatic ring is 1. The maximum absolute atomic E-state index is 12.0. The second-order valence-electron chi connectivity index (χ2n) is 5.32. The Bertz CT molecular complexity index is 606. The molecule has 9 heteroatoms. The van der Waals surface area contributed by atoms with Gasteiger partial charge in [0.15, 0.2) is 9.84 Å². The minimum absolute atomic E-state index is 0.132. The summed E-state index contributed by atoms with van der Waals surface area (Å²) in [7, 11) is -3.18. The van der Waals surface area contributed by atoms with Crippen LogP contribution in [-0.4, -0.2) is 48.1 Å². The summed E-state index contributed by atoms with van der Waals surface area (Å²) in [6.07, 6.45) is 1.27. The number of anilines is 2. The molecule has 1 fully saturated rings. The molecule has 1 atom stereocenters. The van der Waals surface area contributed by atoms with Crippen LogP contribution < -0.4 is 16.2 Å². The number of hydrazine groups is 1. The summed E-state index contributed by atoms with van der Waals surface area (Å²) >= 11 is 1.64. The largest absolute Gasteiger partial charge is 0.338 e. The Kier molecular flexibility index (Phi) is 4.95. The average molecular weight is 331 g/mol. The van der Waals surface area contributed by atoms with Gasteiger partial charge in [0, 0.05) is 36.3 Å². The molecule has 1 aliphatic rings. The monoisotopic (exact) mass is 331 g/mol. The third-order valence-corrected chi connectivity index (χ3v) is 5.91. The van der Waals surface area contributed by atoms with Crippen LogP contribution in [0.4, 0.5) is 11.6 Å². The van der Waals surface area contributed by atoms with Gasteiger partial charge >= 0.3 is 0 Å². The van der Waals surface area contributed by atoms with Crippen LogP contribution in [0, 0.1) is 0 Å². The maximum Gasteiger partial charge on any atom is 0.169 e. The minimum atomic E-state index is -3.18. The Hall–Kier alpha value is -1.06. The molecule has 1 unspecified atom stereocenters. The molecule has 0 aliphatic carbocycles. The first-order valence-electron chi connectivity index (χ1n) is 6.71. The Morgan fingerprint density at radius 3 is 2.76 bits per heavy atom. The van der Waals surface area contributed by atoms with Crippen molar-refractivity contribution in [3.63, 3.8) is 0 Å². The maximum atomic E-state index is 12.0. The van der Waals surface area contributed by atoms with Crippen molar-refractivity contribution in [2.75, 3.05) is 34.6 Å². The van der Waals surface area contributed by atoms with E-state index in [1.807, 2.05) is 18.7 Å². The van der Waals surface area contributed by atoms with Crippen LogP contribution in [-0.2, 0) is 9.84 Å². The molecular weight excluding hydrogens is 310 g/mol. The second-order valence-corrected chi connectivity index (χ2v) is 8.67. The molecule has 21 heavy (non-hydrogen) atoms. The molecule has 1 aromatic rings. The summed E-state index contributed by atoms with van der Waals surface area (Å²) in [5.74, 6) is 8.76. The quantitative estimate of drug-likeness (QED) is 0.617. The Labute approximate surface area is 129 Å². The van der Waals surface area contributed by atoms with Crippen molar-refractivity contribution in [2.45, 2.75) is 25.1 Å². The van der Waals surface area contributed by atoms with Gasteiger partial charge in [0.05, 0.1) is 0 Å². The smallest absolute Gasteiger partial charge is 0.169 e. The lowest BCUT2D eigenvalue weighted by Gasteiger charge is -2.35. The molecule has 0 aromatic carbocycles. The van der Waals surface area contributed by atoms with Gasteiger partial charge < -0.3 is 10.3 Å². The van der Waals surface area contributed by atoms with E-state index in [1.54, 1.807) is 17.8 Å². The van der Waals surface area contributed by atoms with E-state index in [4.69, 9.17) is 5.84 Å². The van der Waals surface area contributed by atoms with E-state index in [2.05, 4.69) is 15.4 Å². The number of nitrogens with zero attached hydrogens (tertiary/aromatic N) is 3. The van der Waals surface area contributed by atoms with Crippen LogP contribution in [0.5, 0.6) is 0 Å². The number of nitrogens with two attached hydrogens (primary N) is 1. The van der Waals surface area contributed by atoms with Crippen LogP contribution >= 0.6 is 11.8 Å². The summed E-state index contributed by atoms with van der Waals surface area (Å²) in [4.78, 5) is 10.7. The molecule has 0 amide bonds. The molecule has 7 nitrogen and oxygen atoms in total. The fraction of sp³-hybridized carbons (Fsp3) is 0.667. The zero-order chi connectivity index (χ0) is 15.6. The van der Waals surface area contributed by atoms with Crippen LogP contribution in [0.3, 0.4) is 0 Å². The molecule has 0 bridgehead atoms. The van der Waals surface area contributed by atoms with Crippen LogP contribution in [0.1, 0.15) is 25.6 Å². The van der Waals surface area contributed by atoms with E-state index >= 15 is 0 Å². The molecule has 2 heterocycles. The number of nitrogens with one attached hydrogen (secondary N) is 1. The summed E-state index contributed by atoms with van der Waals surface area (Å²) < 4.78 is 24.0. The minimum Gasteiger partial charge on any atom is -0.338 e. The van der Waals surface area contributed by atoms with Gasteiger partial charge in [0.25, 0.3) is 0 Å². The van der Waals surface area contributed by atoms with Crippen LogP contribution in [0.25, 0.3) is 0 Å². The first kappa shape index (κ1) is 16.3. The van der Waals surface area contributed by atoms with Gasteiger partial charge in [-0.2, -0.15) is 11.8 Å². The highest BCUT2D eigenvalue weighted by Gasteiger charge is 2.32. The molecule has 0 saturated carbocycles. The lowest BCUT2D eigenvalue weighted by atomic mass is 10.2. The molecule has 3 N–H and O–H groups in total. The lowest BCUT2D eigenvalue weighted by Crippen LogP contribution is -2.47. The van der Waals surface area contributed by atoms with Gasteiger partial charge in [-0.05, 0) is 0 Å². The van der Waals surface area contributed by atoms with Gasteiger partial charge in [-0.3, -0.25) is 0 Å². The number of aromatic nitrogens is 2. The van der Waals surface area contributed by atoms with Gasteiger partial charge in [-0.1, -0.05) is 13.8 Å². The van der Waals surface area contributed by atoms with Crippen LogP contribution in [0.15, 0.2) is 6.07 Å². The number of thioether (sulfide) groups is 1. The highest BCUT2D eigenvalue weighted by atomic mass is 32.2. The first-order valence-corrected chi connectivity index (χ1v) is 9.82. The van der Waals surface area contributed by atoms with Crippen molar-refractivity contribution in [3.8, 4) is 0 Å². The van der Waals surface area contributed by atoms with Crippen molar-refractivity contribution in [2.24, 2.45) is 5.84 Å². The number of rotatable bonds is 4. The van der Waals surface area contributed by atoms with E-state index in [-0.39, 0.29) is 5.92 Å². The van der Waals surface area contributed by atoms with Gasteiger partial charge in [0.1, 0.15) is 22.8 Å². The number of sulfone groups is 1. The molecule has 0 spiro atoms. The lowest BCUT2D eigenvalue weighted by molar-refractivity contribution is 0.583. The number of hydrogen-bond donors (Lipinski definition) is 2. The summed E-state index contributed by atoms with van der Waals surface area (Å²) in [6.45, 7) is 4.61. The Morgan fingerprint density at radius 2 is 2.19 bits per heavy atom.